The van der Waals surface area contributed by atoms with Crippen LogP contribution in [0.15, 0.2) is 23.1 Å². The van der Waals surface area contributed by atoms with Crippen molar-refractivity contribution in [2.24, 2.45) is 0 Å². The molecule has 2 heterocycles. The highest BCUT2D eigenvalue weighted by atomic mass is 32.2. The fraction of sp³-hybridized carbons (Fsp3) is 0.680. The van der Waals surface area contributed by atoms with E-state index in [9.17, 15) is 26.4 Å². The van der Waals surface area contributed by atoms with Crippen LogP contribution in [0.25, 0.3) is 0 Å². The van der Waals surface area contributed by atoms with Crippen LogP contribution in [0.1, 0.15) is 43.2 Å². The largest absolute Gasteiger partial charge is 0.490 e. The number of carbonyl (C=O) groups is 2. The summed E-state index contributed by atoms with van der Waals surface area (Å²) in [5.74, 6) is -2.72. The third kappa shape index (κ3) is 10.2. The Morgan fingerprint density at radius 3 is 2.16 bits per heavy atom. The molecular formula is C25H39F3N4O5S. The van der Waals surface area contributed by atoms with Gasteiger partial charge in [0.05, 0.1) is 4.90 Å². The summed E-state index contributed by atoms with van der Waals surface area (Å²) < 4.78 is 60.2. The van der Waals surface area contributed by atoms with Crippen molar-refractivity contribution >= 4 is 21.9 Å². The van der Waals surface area contributed by atoms with Crippen LogP contribution in [0.5, 0.6) is 0 Å². The van der Waals surface area contributed by atoms with Crippen LogP contribution in [0.3, 0.4) is 0 Å². The normalized spacial score (nSPS) is 17.2. The number of likely N-dealkylation sites (tertiary alicyclic amines) is 1. The second-order valence-corrected chi connectivity index (χ2v) is 11.5. The lowest BCUT2D eigenvalue weighted by molar-refractivity contribution is -0.192. The van der Waals surface area contributed by atoms with Gasteiger partial charge in [-0.15, -0.1) is 0 Å². The zero-order valence-corrected chi connectivity index (χ0v) is 22.9. The molecule has 2 aliphatic heterocycles. The first-order chi connectivity index (χ1) is 17.8. The molecule has 13 heteroatoms. The molecule has 2 saturated heterocycles. The Labute approximate surface area is 223 Å². The van der Waals surface area contributed by atoms with Crippen LogP contribution < -0.4 is 5.32 Å². The highest BCUT2D eigenvalue weighted by molar-refractivity contribution is 7.89. The number of halogens is 3. The number of carbonyl (C=O) groups excluding carboxylic acids is 1. The highest BCUT2D eigenvalue weighted by Crippen LogP contribution is 2.20. The SMILES string of the molecule is Cc1ccc(S(=O)(=O)N(CCCN2CCCCC2)CCC(=O)N2CCNCC2)cc1C.O=C(O)C(F)(F)F. The molecule has 0 radical (unpaired) electrons. The number of amides is 1. The summed E-state index contributed by atoms with van der Waals surface area (Å²) in [6.07, 6.45) is -0.328. The maximum atomic E-state index is 13.4. The van der Waals surface area contributed by atoms with E-state index in [1.807, 2.05) is 24.8 Å². The van der Waals surface area contributed by atoms with Crippen LogP contribution >= 0.6 is 0 Å². The lowest BCUT2D eigenvalue weighted by atomic mass is 10.1. The van der Waals surface area contributed by atoms with Gasteiger partial charge in [0.2, 0.25) is 15.9 Å². The lowest BCUT2D eigenvalue weighted by Gasteiger charge is -2.30. The van der Waals surface area contributed by atoms with Crippen molar-refractivity contribution < 1.29 is 36.3 Å². The molecule has 0 aromatic heterocycles. The maximum Gasteiger partial charge on any atom is 0.490 e. The predicted octanol–water partition coefficient (Wildman–Crippen LogP) is 2.63. The molecule has 0 aliphatic carbocycles. The quantitative estimate of drug-likeness (QED) is 0.475. The number of benzene rings is 1. The smallest absolute Gasteiger partial charge is 0.475 e. The minimum atomic E-state index is -5.08. The number of carboxylic acids is 1. The van der Waals surface area contributed by atoms with Crippen molar-refractivity contribution in [1.82, 2.24) is 19.4 Å². The van der Waals surface area contributed by atoms with E-state index in [0.29, 0.717) is 24.5 Å². The van der Waals surface area contributed by atoms with E-state index in [1.165, 1.54) is 23.6 Å². The molecule has 1 amide bonds. The van der Waals surface area contributed by atoms with Gasteiger partial charge in [-0.2, -0.15) is 17.5 Å². The number of aryl methyl sites for hydroxylation is 2. The van der Waals surface area contributed by atoms with Gasteiger partial charge in [-0.1, -0.05) is 12.5 Å². The summed E-state index contributed by atoms with van der Waals surface area (Å²) in [5, 5.41) is 10.4. The van der Waals surface area contributed by atoms with Gasteiger partial charge in [0.15, 0.2) is 0 Å². The van der Waals surface area contributed by atoms with Crippen LogP contribution in [0.2, 0.25) is 0 Å². The standard InChI is InChI=1S/C23H38N4O3S.C2HF3O2/c1-20-7-8-22(19-21(20)2)31(29,30)27(15-6-14-25-12-4-3-5-13-25)16-9-23(28)26-17-10-24-11-18-26;3-2(4,5)1(6)7/h7-8,19,24H,3-6,9-18H2,1-2H3;(H,6,7). The van der Waals surface area contributed by atoms with Gasteiger partial charge < -0.3 is 20.2 Å². The van der Waals surface area contributed by atoms with Crippen molar-refractivity contribution in [1.29, 1.82) is 0 Å². The van der Waals surface area contributed by atoms with Gasteiger partial charge in [-0.3, -0.25) is 4.79 Å². The second-order valence-electron chi connectivity index (χ2n) is 9.59. The number of carboxylic acid groups (broad SMARTS) is 1. The maximum absolute atomic E-state index is 13.4. The number of piperidine rings is 1. The summed E-state index contributed by atoms with van der Waals surface area (Å²) in [5.41, 5.74) is 2.04. The van der Waals surface area contributed by atoms with E-state index < -0.39 is 22.2 Å². The van der Waals surface area contributed by atoms with Crippen molar-refractivity contribution in [3.8, 4) is 0 Å². The van der Waals surface area contributed by atoms with Crippen LogP contribution in [-0.4, -0.2) is 105 Å². The summed E-state index contributed by atoms with van der Waals surface area (Å²) in [6.45, 7) is 10.7. The minimum Gasteiger partial charge on any atom is -0.475 e. The third-order valence-electron chi connectivity index (χ3n) is 6.73. The Bertz CT molecular complexity index is 1020. The van der Waals surface area contributed by atoms with Crippen molar-refractivity contribution in [2.45, 2.75) is 57.0 Å². The molecule has 3 rings (SSSR count). The molecule has 2 fully saturated rings. The summed E-state index contributed by atoms with van der Waals surface area (Å²) in [6, 6.07) is 5.30. The molecule has 1 aromatic carbocycles. The van der Waals surface area contributed by atoms with Crippen molar-refractivity contribution in [3.05, 3.63) is 29.3 Å². The lowest BCUT2D eigenvalue weighted by Crippen LogP contribution is -2.47. The molecule has 0 spiro atoms. The first-order valence-electron chi connectivity index (χ1n) is 12.9. The highest BCUT2D eigenvalue weighted by Gasteiger charge is 2.38. The molecule has 0 saturated carbocycles. The number of rotatable bonds is 9. The molecular weight excluding hydrogens is 525 g/mol. The fourth-order valence-corrected chi connectivity index (χ4v) is 5.89. The van der Waals surface area contributed by atoms with E-state index in [1.54, 1.807) is 12.1 Å². The van der Waals surface area contributed by atoms with E-state index in [-0.39, 0.29) is 18.9 Å². The first kappa shape index (κ1) is 32.0. The zero-order chi connectivity index (χ0) is 28.3. The molecule has 2 N–H and O–H groups in total. The average Bonchev–Trinajstić information content (AvgIpc) is 2.88. The van der Waals surface area contributed by atoms with E-state index >= 15 is 0 Å². The number of hydrogen-bond donors (Lipinski definition) is 2. The van der Waals surface area contributed by atoms with Gasteiger partial charge in [-0.25, -0.2) is 13.2 Å². The Balaban J connectivity index is 0.000000638. The molecule has 2 aliphatic rings. The number of piperazine rings is 1. The summed E-state index contributed by atoms with van der Waals surface area (Å²) >= 11 is 0. The number of sulfonamides is 1. The Hall–Kier alpha value is -2.22. The average molecular weight is 565 g/mol. The van der Waals surface area contributed by atoms with E-state index in [2.05, 4.69) is 10.2 Å². The molecule has 9 nitrogen and oxygen atoms in total. The van der Waals surface area contributed by atoms with Gasteiger partial charge in [0.1, 0.15) is 0 Å². The predicted molar refractivity (Wildman–Crippen MR) is 137 cm³/mol. The number of hydrogen-bond acceptors (Lipinski definition) is 6. The van der Waals surface area contributed by atoms with Crippen LogP contribution in [-0.2, 0) is 19.6 Å². The second kappa shape index (κ2) is 14.8. The molecule has 0 unspecified atom stereocenters. The number of nitrogens with zero attached hydrogens (tertiary/aromatic N) is 3. The zero-order valence-electron chi connectivity index (χ0n) is 22.1. The van der Waals surface area contributed by atoms with E-state index in [0.717, 1.165) is 50.3 Å². The van der Waals surface area contributed by atoms with Crippen molar-refractivity contribution in [2.75, 3.05) is 58.9 Å². The number of aliphatic carboxylic acids is 1. The van der Waals surface area contributed by atoms with Crippen LogP contribution in [0, 0.1) is 13.8 Å². The minimum absolute atomic E-state index is 0.0396. The molecule has 1 aromatic rings. The fourth-order valence-electron chi connectivity index (χ4n) is 4.32. The topological polar surface area (TPSA) is 110 Å². The van der Waals surface area contributed by atoms with Gasteiger partial charge in [0.25, 0.3) is 0 Å². The molecule has 216 valence electrons. The van der Waals surface area contributed by atoms with E-state index in [4.69, 9.17) is 9.90 Å². The van der Waals surface area contributed by atoms with Gasteiger partial charge in [0, 0.05) is 45.7 Å². The Kier molecular flexibility index (Phi) is 12.5. The number of alkyl halides is 3. The van der Waals surface area contributed by atoms with Gasteiger partial charge in [-0.05, 0) is 76.0 Å². The molecule has 38 heavy (non-hydrogen) atoms. The first-order valence-corrected chi connectivity index (χ1v) is 14.3. The summed E-state index contributed by atoms with van der Waals surface area (Å²) in [4.78, 5) is 26.1. The Morgan fingerprint density at radius 1 is 1.00 bits per heavy atom. The van der Waals surface area contributed by atoms with Crippen molar-refractivity contribution in [3.63, 3.8) is 0 Å². The summed E-state index contributed by atoms with van der Waals surface area (Å²) in [7, 11) is -3.64. The number of nitrogens with one attached hydrogen (secondary N) is 1. The monoisotopic (exact) mass is 564 g/mol. The van der Waals surface area contributed by atoms with Crippen LogP contribution in [0.4, 0.5) is 13.2 Å². The Morgan fingerprint density at radius 2 is 1.61 bits per heavy atom. The van der Waals surface area contributed by atoms with Gasteiger partial charge >= 0.3 is 12.1 Å². The molecule has 0 atom stereocenters. The third-order valence-corrected chi connectivity index (χ3v) is 8.63. The molecule has 0 bridgehead atoms.